The number of hydrazone groups is 1. The second-order valence-electron chi connectivity index (χ2n) is 5.53. The molecule has 3 aromatic rings. The monoisotopic (exact) mass is 383 g/mol. The largest absolute Gasteiger partial charge is 0.319 e. The molecule has 0 aliphatic heterocycles. The molecule has 27 heavy (non-hydrogen) atoms. The summed E-state index contributed by atoms with van der Waals surface area (Å²) in [5, 5.41) is 15.5. The topological polar surface area (TPSA) is 102 Å². The third-order valence-electron chi connectivity index (χ3n) is 3.79. The van der Waals surface area contributed by atoms with Crippen LogP contribution in [0, 0.1) is 10.1 Å². The van der Waals surface area contributed by atoms with E-state index < -0.39 is 4.92 Å². The SMILES string of the molecule is CCn1c(SCC(=O)N/N=C/c2ccccc2[N+](=O)[O-])nc2ccccc21. The normalized spacial score (nSPS) is 11.1. The lowest BCUT2D eigenvalue weighted by Gasteiger charge is -2.04. The van der Waals surface area contributed by atoms with Crippen molar-refractivity contribution in [2.45, 2.75) is 18.6 Å². The second-order valence-corrected chi connectivity index (χ2v) is 6.47. The summed E-state index contributed by atoms with van der Waals surface area (Å²) in [6.45, 7) is 2.77. The number of nitrogens with zero attached hydrogens (tertiary/aromatic N) is 4. The van der Waals surface area contributed by atoms with E-state index in [-0.39, 0.29) is 17.3 Å². The number of para-hydroxylation sites is 3. The van der Waals surface area contributed by atoms with E-state index in [1.165, 1.54) is 24.0 Å². The summed E-state index contributed by atoms with van der Waals surface area (Å²) in [6.07, 6.45) is 1.27. The lowest BCUT2D eigenvalue weighted by Crippen LogP contribution is -2.20. The number of aromatic nitrogens is 2. The van der Waals surface area contributed by atoms with Crippen molar-refractivity contribution in [2.75, 3.05) is 5.75 Å². The Morgan fingerprint density at radius 3 is 2.81 bits per heavy atom. The summed E-state index contributed by atoms with van der Waals surface area (Å²) in [5.74, 6) is -0.179. The maximum Gasteiger partial charge on any atom is 0.278 e. The van der Waals surface area contributed by atoms with Gasteiger partial charge in [0.1, 0.15) is 0 Å². The van der Waals surface area contributed by atoms with E-state index >= 15 is 0 Å². The first-order valence-electron chi connectivity index (χ1n) is 8.23. The van der Waals surface area contributed by atoms with Crippen LogP contribution in [0.5, 0.6) is 0 Å². The Balaban J connectivity index is 1.62. The van der Waals surface area contributed by atoms with Crippen LogP contribution < -0.4 is 5.43 Å². The van der Waals surface area contributed by atoms with Crippen LogP contribution >= 0.6 is 11.8 Å². The Bertz CT molecular complexity index is 1020. The summed E-state index contributed by atoms with van der Waals surface area (Å²) in [6, 6.07) is 14.0. The number of benzene rings is 2. The van der Waals surface area contributed by atoms with E-state index in [9.17, 15) is 14.9 Å². The lowest BCUT2D eigenvalue weighted by molar-refractivity contribution is -0.385. The summed E-state index contributed by atoms with van der Waals surface area (Å²) in [7, 11) is 0. The highest BCUT2D eigenvalue weighted by atomic mass is 32.2. The van der Waals surface area contributed by atoms with Gasteiger partial charge in [-0.25, -0.2) is 10.4 Å². The summed E-state index contributed by atoms with van der Waals surface area (Å²) in [5.41, 5.74) is 4.55. The van der Waals surface area contributed by atoms with Crippen molar-refractivity contribution >= 4 is 40.6 Å². The van der Waals surface area contributed by atoms with Crippen LogP contribution in [0.4, 0.5) is 5.69 Å². The first kappa shape index (κ1) is 18.6. The third-order valence-corrected chi connectivity index (χ3v) is 4.77. The molecule has 0 unspecified atom stereocenters. The van der Waals surface area contributed by atoms with Crippen LogP contribution in [0.15, 0.2) is 58.8 Å². The van der Waals surface area contributed by atoms with Crippen LogP contribution in [-0.2, 0) is 11.3 Å². The molecule has 1 aromatic heterocycles. The Kier molecular flexibility index (Phi) is 5.82. The smallest absolute Gasteiger partial charge is 0.278 e. The van der Waals surface area contributed by atoms with Gasteiger partial charge in [-0.3, -0.25) is 14.9 Å². The van der Waals surface area contributed by atoms with Gasteiger partial charge in [-0.15, -0.1) is 0 Å². The van der Waals surface area contributed by atoms with Crippen LogP contribution in [-0.4, -0.2) is 32.3 Å². The van der Waals surface area contributed by atoms with Gasteiger partial charge in [-0.2, -0.15) is 5.10 Å². The number of thioether (sulfide) groups is 1. The van der Waals surface area contributed by atoms with Gasteiger partial charge < -0.3 is 4.57 Å². The summed E-state index contributed by atoms with van der Waals surface area (Å²) < 4.78 is 2.05. The van der Waals surface area contributed by atoms with Crippen molar-refractivity contribution in [3.05, 3.63) is 64.2 Å². The zero-order valence-corrected chi connectivity index (χ0v) is 15.3. The average Bonchev–Trinajstić information content (AvgIpc) is 3.04. The van der Waals surface area contributed by atoms with Gasteiger partial charge in [0, 0.05) is 12.6 Å². The fourth-order valence-corrected chi connectivity index (χ4v) is 3.44. The number of rotatable bonds is 7. The number of fused-ring (bicyclic) bond motifs is 1. The molecule has 0 fully saturated rings. The molecule has 8 nitrogen and oxygen atoms in total. The van der Waals surface area contributed by atoms with Crippen molar-refractivity contribution in [2.24, 2.45) is 5.10 Å². The van der Waals surface area contributed by atoms with Crippen LogP contribution in [0.3, 0.4) is 0 Å². The minimum absolute atomic E-state index is 0.0680. The van der Waals surface area contributed by atoms with E-state index in [0.29, 0.717) is 5.56 Å². The van der Waals surface area contributed by atoms with Crippen molar-refractivity contribution in [1.29, 1.82) is 0 Å². The van der Waals surface area contributed by atoms with Crippen LogP contribution in [0.2, 0.25) is 0 Å². The lowest BCUT2D eigenvalue weighted by atomic mass is 10.2. The van der Waals surface area contributed by atoms with E-state index in [1.807, 2.05) is 35.8 Å². The van der Waals surface area contributed by atoms with Gasteiger partial charge in [-0.1, -0.05) is 36.0 Å². The molecule has 3 rings (SSSR count). The number of imidazole rings is 1. The molecular formula is C18H17N5O3S. The molecule has 0 aliphatic carbocycles. The van der Waals surface area contributed by atoms with E-state index in [1.54, 1.807) is 18.2 Å². The number of hydrogen-bond donors (Lipinski definition) is 1. The standard InChI is InChI=1S/C18H17N5O3S/c1-2-22-16-10-6-4-8-14(16)20-18(22)27-12-17(24)21-19-11-13-7-3-5-9-15(13)23(25)26/h3-11H,2,12H2,1H3,(H,21,24)/b19-11+. The molecule has 0 saturated carbocycles. The Morgan fingerprint density at radius 2 is 2.04 bits per heavy atom. The number of aryl methyl sites for hydroxylation is 1. The van der Waals surface area contributed by atoms with Crippen LogP contribution in [0.1, 0.15) is 12.5 Å². The molecule has 0 radical (unpaired) electrons. The second kappa shape index (κ2) is 8.45. The minimum Gasteiger partial charge on any atom is -0.319 e. The number of carbonyl (C=O) groups is 1. The van der Waals surface area contributed by atoms with Crippen LogP contribution in [0.25, 0.3) is 11.0 Å². The number of nitro groups is 1. The quantitative estimate of drug-likeness (QED) is 0.292. The first-order valence-corrected chi connectivity index (χ1v) is 9.22. The molecule has 138 valence electrons. The highest BCUT2D eigenvalue weighted by molar-refractivity contribution is 7.99. The van der Waals surface area contributed by atoms with Gasteiger partial charge in [0.05, 0.1) is 33.5 Å². The zero-order valence-electron chi connectivity index (χ0n) is 14.5. The van der Waals surface area contributed by atoms with Gasteiger partial charge in [-0.05, 0) is 25.1 Å². The van der Waals surface area contributed by atoms with Gasteiger partial charge in [0.2, 0.25) is 0 Å². The Hall–Kier alpha value is -3.20. The fourth-order valence-electron chi connectivity index (χ4n) is 2.57. The Morgan fingerprint density at radius 1 is 1.30 bits per heavy atom. The summed E-state index contributed by atoms with van der Waals surface area (Å²) in [4.78, 5) is 27.0. The van der Waals surface area contributed by atoms with E-state index in [0.717, 1.165) is 22.7 Å². The highest BCUT2D eigenvalue weighted by Crippen LogP contribution is 2.23. The van der Waals surface area contributed by atoms with Crippen molar-refractivity contribution in [3.8, 4) is 0 Å². The molecule has 9 heteroatoms. The number of nitro benzene ring substituents is 1. The molecule has 1 heterocycles. The molecule has 1 amide bonds. The maximum atomic E-state index is 12.0. The van der Waals surface area contributed by atoms with Gasteiger partial charge >= 0.3 is 0 Å². The number of amides is 1. The molecule has 2 aromatic carbocycles. The van der Waals surface area contributed by atoms with E-state index in [4.69, 9.17) is 0 Å². The minimum atomic E-state index is -0.492. The molecule has 0 bridgehead atoms. The first-order chi connectivity index (χ1) is 13.1. The average molecular weight is 383 g/mol. The number of carbonyl (C=O) groups excluding carboxylic acids is 1. The fraction of sp³-hybridized carbons (Fsp3) is 0.167. The van der Waals surface area contributed by atoms with Gasteiger partial charge in [0.25, 0.3) is 11.6 Å². The molecule has 0 atom stereocenters. The van der Waals surface area contributed by atoms with Crippen molar-refractivity contribution < 1.29 is 9.72 Å². The van der Waals surface area contributed by atoms with Gasteiger partial charge in [0.15, 0.2) is 5.16 Å². The molecular weight excluding hydrogens is 366 g/mol. The summed E-state index contributed by atoms with van der Waals surface area (Å²) >= 11 is 1.32. The van der Waals surface area contributed by atoms with Crippen molar-refractivity contribution in [1.82, 2.24) is 15.0 Å². The molecule has 1 N–H and O–H groups in total. The van der Waals surface area contributed by atoms with E-state index in [2.05, 4.69) is 15.5 Å². The molecule has 0 saturated heterocycles. The zero-order chi connectivity index (χ0) is 19.2. The highest BCUT2D eigenvalue weighted by Gasteiger charge is 2.12. The Labute approximate surface area is 159 Å². The van der Waals surface area contributed by atoms with Crippen molar-refractivity contribution in [3.63, 3.8) is 0 Å². The third kappa shape index (κ3) is 4.32. The number of nitrogens with one attached hydrogen (secondary N) is 1. The molecule has 0 aliphatic rings. The maximum absolute atomic E-state index is 12.0. The molecule has 0 spiro atoms. The predicted molar refractivity (Wildman–Crippen MR) is 105 cm³/mol. The predicted octanol–water partition coefficient (Wildman–Crippen LogP) is 3.21. The number of hydrogen-bond acceptors (Lipinski definition) is 6.